The van der Waals surface area contributed by atoms with Gasteiger partial charge in [-0.05, 0) is 93.8 Å². The molecule has 0 spiro atoms. The van der Waals surface area contributed by atoms with Gasteiger partial charge in [-0.25, -0.2) is 0 Å². The number of halogens is 2. The molecule has 1 aliphatic rings. The van der Waals surface area contributed by atoms with Gasteiger partial charge in [0.05, 0.1) is 21.4 Å². The largest absolute Gasteiger partial charge is 0.324 e. The molecule has 1 N–H and O–H groups in total. The summed E-state index contributed by atoms with van der Waals surface area (Å²) in [6.07, 6.45) is 0. The lowest BCUT2D eigenvalue weighted by atomic mass is 10.0. The van der Waals surface area contributed by atoms with Gasteiger partial charge in [-0.15, -0.1) is 0 Å². The molecule has 2 atom stereocenters. The maximum absolute atomic E-state index is 13.0. The molecule has 2 unspecified atom stereocenters. The van der Waals surface area contributed by atoms with Crippen LogP contribution in [0.3, 0.4) is 0 Å². The number of rotatable bonds is 9. The fraction of sp³-hybridized carbons (Fsp3) is 0.200. The van der Waals surface area contributed by atoms with E-state index < -0.39 is 23.8 Å². The van der Waals surface area contributed by atoms with Crippen LogP contribution in [0, 0.1) is 20.8 Å². The third kappa shape index (κ3) is 7.67. The number of carbonyl (C=O) groups excluding carboxylic acids is 3. The van der Waals surface area contributed by atoms with Crippen molar-refractivity contribution in [2.45, 2.75) is 46.7 Å². The number of Topliss-reactive ketones (excluding diaryl/α,β-unsaturated/α-hetero) is 1. The van der Waals surface area contributed by atoms with Gasteiger partial charge >= 0.3 is 0 Å². The molecule has 0 fully saturated rings. The van der Waals surface area contributed by atoms with Crippen molar-refractivity contribution in [1.82, 2.24) is 0 Å². The van der Waals surface area contributed by atoms with Crippen LogP contribution in [0.4, 0.5) is 22.7 Å². The fourth-order valence-electron chi connectivity index (χ4n) is 4.81. The Kier molecular flexibility index (Phi) is 10.0. The Balaban J connectivity index is 1.27. The number of amides is 2. The first-order chi connectivity index (χ1) is 22.4. The third-order valence-corrected chi connectivity index (χ3v) is 8.04. The highest BCUT2D eigenvalue weighted by Crippen LogP contribution is 2.35. The quantitative estimate of drug-likeness (QED) is 0.141. The Morgan fingerprint density at radius 1 is 0.809 bits per heavy atom. The summed E-state index contributed by atoms with van der Waals surface area (Å²) < 4.78 is 0. The second-order valence-corrected chi connectivity index (χ2v) is 12.0. The second kappa shape index (κ2) is 14.1. The zero-order chi connectivity index (χ0) is 33.8. The van der Waals surface area contributed by atoms with E-state index in [2.05, 4.69) is 30.9 Å². The Morgan fingerprint density at radius 2 is 1.40 bits per heavy atom. The maximum Gasteiger partial charge on any atom is 0.280 e. The average Bonchev–Trinajstić information content (AvgIpc) is 3.31. The van der Waals surface area contributed by atoms with Gasteiger partial charge in [-0.3, -0.25) is 14.4 Å². The van der Waals surface area contributed by atoms with E-state index in [1.54, 1.807) is 49.4 Å². The molecule has 0 radical (unpaired) electrons. The van der Waals surface area contributed by atoms with Crippen molar-refractivity contribution >= 4 is 69.3 Å². The molecule has 2 amide bonds. The van der Waals surface area contributed by atoms with Gasteiger partial charge in [0, 0.05) is 5.69 Å². The van der Waals surface area contributed by atoms with Gasteiger partial charge < -0.3 is 5.32 Å². The molecule has 12 heteroatoms. The average molecular weight is 669 g/mol. The van der Waals surface area contributed by atoms with E-state index in [1.807, 2.05) is 57.2 Å². The van der Waals surface area contributed by atoms with Crippen molar-refractivity contribution in [3.8, 4) is 11.1 Å². The minimum Gasteiger partial charge on any atom is -0.324 e. The third-order valence-electron chi connectivity index (χ3n) is 7.44. The summed E-state index contributed by atoms with van der Waals surface area (Å²) in [4.78, 5) is 38.1. The van der Waals surface area contributed by atoms with Crippen LogP contribution in [0.25, 0.3) is 11.1 Å². The van der Waals surface area contributed by atoms with Gasteiger partial charge in [-0.2, -0.15) is 30.6 Å². The van der Waals surface area contributed by atoms with Crippen molar-refractivity contribution in [1.29, 1.82) is 0 Å². The van der Waals surface area contributed by atoms with E-state index in [-0.39, 0.29) is 16.6 Å². The first kappa shape index (κ1) is 33.3. The summed E-state index contributed by atoms with van der Waals surface area (Å²) in [6.45, 7) is 8.80. The Morgan fingerprint density at radius 3 is 1.98 bits per heavy atom. The number of carbonyl (C=O) groups is 3. The number of hydrogen-bond donors (Lipinski definition) is 1. The molecule has 10 nitrogen and oxygen atoms in total. The van der Waals surface area contributed by atoms with Crippen molar-refractivity contribution < 1.29 is 14.4 Å². The molecule has 1 heterocycles. The topological polar surface area (TPSA) is 128 Å². The lowest BCUT2D eigenvalue weighted by molar-refractivity contribution is -0.126. The molecule has 0 aliphatic carbocycles. The number of nitrogens with one attached hydrogen (secondary N) is 1. The van der Waals surface area contributed by atoms with Crippen molar-refractivity contribution in [3.63, 3.8) is 0 Å². The molecule has 4 aromatic carbocycles. The first-order valence-electron chi connectivity index (χ1n) is 14.7. The number of hydrazone groups is 1. The second-order valence-electron chi connectivity index (χ2n) is 11.2. The molecular weight excluding hydrogens is 637 g/mol. The van der Waals surface area contributed by atoms with Crippen LogP contribution in [-0.2, 0) is 14.4 Å². The summed E-state index contributed by atoms with van der Waals surface area (Å²) in [5, 5.41) is 25.7. The van der Waals surface area contributed by atoms with Crippen LogP contribution in [0.5, 0.6) is 0 Å². The van der Waals surface area contributed by atoms with Crippen LogP contribution < -0.4 is 10.3 Å². The van der Waals surface area contributed by atoms with E-state index >= 15 is 0 Å². The zero-order valence-corrected chi connectivity index (χ0v) is 27.8. The van der Waals surface area contributed by atoms with E-state index in [4.69, 9.17) is 23.2 Å². The van der Waals surface area contributed by atoms with Gasteiger partial charge in [0.25, 0.3) is 11.8 Å². The van der Waals surface area contributed by atoms with Crippen LogP contribution in [-0.4, -0.2) is 35.4 Å². The summed E-state index contributed by atoms with van der Waals surface area (Å²) in [5.74, 6) is -1.35. The predicted octanol–water partition coefficient (Wildman–Crippen LogP) is 9.14. The normalized spacial score (nSPS) is 15.4. The molecule has 47 heavy (non-hydrogen) atoms. The summed E-state index contributed by atoms with van der Waals surface area (Å²) in [7, 11) is 0. The SMILES string of the molecule is CC(=O)C(N=Nc1ccc(-c2ccc(N=NC3C(=O)N(c4ccc(C)cc4)N=C3C)c(Cl)c2)cc1Cl)C(=O)Nc1ccc(C)cc1C. The number of azo groups is 2. The Hall–Kier alpha value is -5.06. The summed E-state index contributed by atoms with van der Waals surface area (Å²) in [6, 6.07) is 21.1. The van der Waals surface area contributed by atoms with Crippen molar-refractivity contribution in [3.05, 3.63) is 106 Å². The fourth-order valence-corrected chi connectivity index (χ4v) is 5.25. The molecule has 0 saturated heterocycles. The number of nitrogens with zero attached hydrogens (tertiary/aromatic N) is 6. The van der Waals surface area contributed by atoms with Crippen molar-refractivity contribution in [2.75, 3.05) is 10.3 Å². The van der Waals surface area contributed by atoms with Gasteiger partial charge in [-0.1, -0.05) is 70.7 Å². The highest BCUT2D eigenvalue weighted by Gasteiger charge is 2.34. The minimum atomic E-state index is -1.34. The Labute approximate surface area is 282 Å². The first-order valence-corrected chi connectivity index (χ1v) is 15.4. The predicted molar refractivity (Wildman–Crippen MR) is 186 cm³/mol. The highest BCUT2D eigenvalue weighted by molar-refractivity contribution is 6.34. The summed E-state index contributed by atoms with van der Waals surface area (Å²) >= 11 is 13.1. The summed E-state index contributed by atoms with van der Waals surface area (Å²) in [5.41, 5.74) is 6.92. The number of benzene rings is 4. The molecule has 1 aliphatic heterocycles. The van der Waals surface area contributed by atoms with E-state index in [1.165, 1.54) is 11.9 Å². The van der Waals surface area contributed by atoms with E-state index in [0.29, 0.717) is 27.8 Å². The molecule has 0 bridgehead atoms. The minimum absolute atomic E-state index is 0.260. The molecule has 4 aromatic rings. The van der Waals surface area contributed by atoms with Crippen molar-refractivity contribution in [2.24, 2.45) is 25.6 Å². The lowest BCUT2D eigenvalue weighted by Crippen LogP contribution is -2.32. The van der Waals surface area contributed by atoms with Gasteiger partial charge in [0.2, 0.25) is 6.04 Å². The zero-order valence-electron chi connectivity index (χ0n) is 26.3. The highest BCUT2D eigenvalue weighted by atomic mass is 35.5. The van der Waals surface area contributed by atoms with Crippen LogP contribution in [0.1, 0.15) is 30.5 Å². The van der Waals surface area contributed by atoms with Gasteiger partial charge in [0.1, 0.15) is 11.4 Å². The van der Waals surface area contributed by atoms with Crippen LogP contribution in [0.2, 0.25) is 10.0 Å². The van der Waals surface area contributed by atoms with E-state index in [9.17, 15) is 14.4 Å². The standard InChI is InChI=1S/C35H31Cl2N7O3/c1-19-6-11-26(12-7-19)44-35(47)32(22(4)43-44)41-39-30-14-9-24(17-27(30)36)25-10-15-31(28(37)18-25)40-42-33(23(5)45)34(46)38-29-13-8-20(2)16-21(29)3/h6-18,32-33H,1-5H3,(H,38,46). The lowest BCUT2D eigenvalue weighted by Gasteiger charge is -2.12. The van der Waals surface area contributed by atoms with Crippen LogP contribution in [0.15, 0.2) is 104 Å². The van der Waals surface area contributed by atoms with Crippen LogP contribution >= 0.6 is 23.2 Å². The number of ketones is 1. The molecule has 0 aromatic heterocycles. The monoisotopic (exact) mass is 667 g/mol. The molecule has 238 valence electrons. The van der Waals surface area contributed by atoms with Gasteiger partial charge in [0.15, 0.2) is 11.8 Å². The molecular formula is C35H31Cl2N7O3. The number of hydrogen-bond acceptors (Lipinski definition) is 8. The number of anilines is 2. The van der Waals surface area contributed by atoms with E-state index in [0.717, 1.165) is 27.8 Å². The maximum atomic E-state index is 13.0. The smallest absolute Gasteiger partial charge is 0.280 e. The molecule has 5 rings (SSSR count). The molecule has 0 saturated carbocycles. The Bertz CT molecular complexity index is 1970. The number of aryl methyl sites for hydroxylation is 3.